The molecule has 0 aliphatic carbocycles. The summed E-state index contributed by atoms with van der Waals surface area (Å²) in [4.78, 5) is 11.9. The molecule has 0 bridgehead atoms. The van der Waals surface area contributed by atoms with E-state index in [0.29, 0.717) is 18.4 Å². The van der Waals surface area contributed by atoms with E-state index in [9.17, 15) is 13.8 Å². The number of thioether (sulfide) groups is 1. The van der Waals surface area contributed by atoms with E-state index in [1.165, 1.54) is 12.4 Å². The van der Waals surface area contributed by atoms with Gasteiger partial charge in [-0.3, -0.25) is 4.79 Å². The number of benzene rings is 1. The van der Waals surface area contributed by atoms with Crippen LogP contribution in [0.1, 0.15) is 39.2 Å². The van der Waals surface area contributed by atoms with Crippen molar-refractivity contribution in [2.24, 2.45) is 0 Å². The minimum absolute atomic E-state index is 0.0130. The van der Waals surface area contributed by atoms with Gasteiger partial charge in [-0.25, -0.2) is 0 Å². The Balaban J connectivity index is 2.74. The summed E-state index contributed by atoms with van der Waals surface area (Å²) < 4.78 is 15.1. The lowest BCUT2D eigenvalue weighted by atomic mass is 9.79. The average molecular weight is 463 g/mol. The molecule has 1 atom stereocenters. The summed E-state index contributed by atoms with van der Waals surface area (Å²) in [7, 11) is 0. The van der Waals surface area contributed by atoms with Gasteiger partial charge >= 0.3 is 5.97 Å². The molecular formula is C18H24BrFN2O2S2. The van der Waals surface area contributed by atoms with E-state index in [-0.39, 0.29) is 17.1 Å². The molecule has 0 amide bonds. The van der Waals surface area contributed by atoms with E-state index in [0.717, 1.165) is 15.8 Å². The Morgan fingerprint density at radius 1 is 1.42 bits per heavy atom. The van der Waals surface area contributed by atoms with Crippen molar-refractivity contribution in [3.8, 4) is 0 Å². The highest BCUT2D eigenvalue weighted by Gasteiger charge is 2.35. The van der Waals surface area contributed by atoms with E-state index in [4.69, 9.17) is 5.41 Å². The van der Waals surface area contributed by atoms with E-state index in [1.807, 2.05) is 38.1 Å². The summed E-state index contributed by atoms with van der Waals surface area (Å²) in [6.07, 6.45) is 3.90. The van der Waals surface area contributed by atoms with Gasteiger partial charge < -0.3 is 15.2 Å². The normalized spacial score (nSPS) is 14.6. The van der Waals surface area contributed by atoms with Crippen molar-refractivity contribution >= 4 is 52.2 Å². The minimum Gasteiger partial charge on any atom is -0.481 e. The fourth-order valence-electron chi connectivity index (χ4n) is 2.52. The summed E-state index contributed by atoms with van der Waals surface area (Å²) in [6.45, 7) is 5.67. The van der Waals surface area contributed by atoms with Crippen molar-refractivity contribution in [2.45, 2.75) is 43.8 Å². The standard InChI is InChI=1S/C18H24BrFN2O2S2/c1-17(2,14(11-21)12-22-26-20)25-9-5-8-18(3,16(23)24)13-6-4-7-15(19)10-13/h4,6-7,10-12,21-22H,5,8-9H2,1-3H3,(H,23,24)/b14-12+,21-11?. The van der Waals surface area contributed by atoms with Crippen LogP contribution in [-0.4, -0.2) is 27.8 Å². The zero-order valence-corrected chi connectivity index (χ0v) is 18.2. The van der Waals surface area contributed by atoms with Crippen LogP contribution in [0.25, 0.3) is 0 Å². The van der Waals surface area contributed by atoms with Gasteiger partial charge in [0.05, 0.1) is 5.41 Å². The molecule has 8 heteroatoms. The van der Waals surface area contributed by atoms with Gasteiger partial charge in [-0.1, -0.05) is 28.1 Å². The van der Waals surface area contributed by atoms with Crippen LogP contribution in [0.5, 0.6) is 0 Å². The molecule has 1 aromatic rings. The SMILES string of the molecule is CC(C)(SCCCC(C)(C(=O)O)c1cccc(Br)c1)/C(C=N)=C/NSF. The Kier molecular flexibility index (Phi) is 9.19. The second-order valence-corrected chi connectivity index (χ2v) is 9.57. The molecule has 4 nitrogen and oxygen atoms in total. The number of carbonyl (C=O) groups is 1. The van der Waals surface area contributed by atoms with Gasteiger partial charge in [0.15, 0.2) is 12.3 Å². The van der Waals surface area contributed by atoms with Crippen molar-refractivity contribution in [2.75, 3.05) is 5.75 Å². The zero-order valence-electron chi connectivity index (χ0n) is 15.0. The first-order chi connectivity index (χ1) is 12.2. The Bertz CT molecular complexity index is 670. The van der Waals surface area contributed by atoms with Crippen molar-refractivity contribution in [1.29, 1.82) is 5.41 Å². The third kappa shape index (κ3) is 6.32. The Morgan fingerprint density at radius 2 is 2.12 bits per heavy atom. The maximum absolute atomic E-state index is 12.2. The first-order valence-electron chi connectivity index (χ1n) is 8.05. The van der Waals surface area contributed by atoms with Gasteiger partial charge in [-0.15, -0.1) is 3.89 Å². The molecular weight excluding hydrogens is 439 g/mol. The van der Waals surface area contributed by atoms with Crippen molar-refractivity contribution in [1.82, 2.24) is 4.72 Å². The van der Waals surface area contributed by atoms with E-state index in [1.54, 1.807) is 18.7 Å². The van der Waals surface area contributed by atoms with Gasteiger partial charge in [0, 0.05) is 27.2 Å². The smallest absolute Gasteiger partial charge is 0.313 e. The van der Waals surface area contributed by atoms with Crippen LogP contribution >= 0.6 is 40.0 Å². The summed E-state index contributed by atoms with van der Waals surface area (Å²) in [5.41, 5.74) is 0.481. The fourth-order valence-corrected chi connectivity index (χ4v) is 4.17. The van der Waals surface area contributed by atoms with Crippen LogP contribution in [0.4, 0.5) is 3.89 Å². The van der Waals surface area contributed by atoms with Crippen LogP contribution in [-0.2, 0) is 10.2 Å². The Morgan fingerprint density at radius 3 is 2.65 bits per heavy atom. The predicted molar refractivity (Wildman–Crippen MR) is 114 cm³/mol. The Hall–Kier alpha value is -0.990. The number of carboxylic acid groups (broad SMARTS) is 1. The van der Waals surface area contributed by atoms with E-state index < -0.39 is 11.4 Å². The average Bonchev–Trinajstić information content (AvgIpc) is 2.58. The largest absolute Gasteiger partial charge is 0.481 e. The van der Waals surface area contributed by atoms with Gasteiger partial charge in [0.25, 0.3) is 0 Å². The first-order valence-corrected chi connectivity index (χ1v) is 10.5. The quantitative estimate of drug-likeness (QED) is 0.222. The number of rotatable bonds is 11. The maximum atomic E-state index is 12.2. The highest BCUT2D eigenvalue weighted by atomic mass is 79.9. The lowest BCUT2D eigenvalue weighted by Gasteiger charge is -2.28. The molecule has 0 radical (unpaired) electrons. The number of carboxylic acids is 1. The van der Waals surface area contributed by atoms with E-state index in [2.05, 4.69) is 20.7 Å². The molecule has 0 fully saturated rings. The van der Waals surface area contributed by atoms with Crippen molar-refractivity contribution in [3.63, 3.8) is 0 Å². The summed E-state index contributed by atoms with van der Waals surface area (Å²) in [5.74, 6) is -0.109. The lowest BCUT2D eigenvalue weighted by molar-refractivity contribution is -0.143. The molecule has 0 saturated heterocycles. The number of halogens is 2. The topological polar surface area (TPSA) is 73.2 Å². The molecule has 0 aliphatic rings. The van der Waals surface area contributed by atoms with Crippen LogP contribution < -0.4 is 4.72 Å². The van der Waals surface area contributed by atoms with Crippen LogP contribution in [0, 0.1) is 5.41 Å². The summed E-state index contributed by atoms with van der Waals surface area (Å²) >= 11 is 5.00. The monoisotopic (exact) mass is 462 g/mol. The fraction of sp³-hybridized carbons (Fsp3) is 0.444. The molecule has 1 unspecified atom stereocenters. The summed E-state index contributed by atoms with van der Waals surface area (Å²) in [6, 6.07) is 7.40. The molecule has 3 N–H and O–H groups in total. The van der Waals surface area contributed by atoms with E-state index >= 15 is 0 Å². The molecule has 144 valence electrons. The van der Waals surface area contributed by atoms with Crippen LogP contribution in [0.2, 0.25) is 0 Å². The first kappa shape index (κ1) is 23.0. The minimum atomic E-state index is -0.957. The third-order valence-electron chi connectivity index (χ3n) is 4.33. The third-order valence-corrected chi connectivity index (χ3v) is 6.48. The Labute approximate surface area is 171 Å². The number of hydrogen-bond donors (Lipinski definition) is 3. The molecule has 0 aliphatic heterocycles. The molecule has 0 saturated carbocycles. The van der Waals surface area contributed by atoms with Crippen molar-refractivity contribution in [3.05, 3.63) is 46.1 Å². The van der Waals surface area contributed by atoms with Gasteiger partial charge in [0.1, 0.15) is 0 Å². The summed E-state index contributed by atoms with van der Waals surface area (Å²) in [5, 5.41) is 17.3. The zero-order chi connectivity index (χ0) is 19.8. The number of nitrogens with one attached hydrogen (secondary N) is 2. The van der Waals surface area contributed by atoms with Crippen molar-refractivity contribution < 1.29 is 13.8 Å². The second-order valence-electron chi connectivity index (χ2n) is 6.55. The predicted octanol–water partition coefficient (Wildman–Crippen LogP) is 5.74. The molecule has 0 heterocycles. The number of aliphatic carboxylic acids is 1. The number of hydrogen-bond acceptors (Lipinski definition) is 5. The molecule has 1 rings (SSSR count). The van der Waals surface area contributed by atoms with Gasteiger partial charge in [-0.2, -0.15) is 11.8 Å². The highest BCUT2D eigenvalue weighted by molar-refractivity contribution is 9.10. The molecule has 26 heavy (non-hydrogen) atoms. The second kappa shape index (κ2) is 10.4. The molecule has 1 aromatic carbocycles. The highest BCUT2D eigenvalue weighted by Crippen LogP contribution is 2.35. The van der Waals surface area contributed by atoms with Crippen LogP contribution in [0.3, 0.4) is 0 Å². The van der Waals surface area contributed by atoms with Gasteiger partial charge in [0.2, 0.25) is 0 Å². The lowest BCUT2D eigenvalue weighted by Crippen LogP contribution is -2.32. The van der Waals surface area contributed by atoms with Crippen LogP contribution in [0.15, 0.2) is 40.5 Å². The van der Waals surface area contributed by atoms with Gasteiger partial charge in [-0.05, 0) is 57.1 Å². The maximum Gasteiger partial charge on any atom is 0.313 e. The molecule has 0 aromatic heterocycles. The molecule has 0 spiro atoms.